The predicted molar refractivity (Wildman–Crippen MR) is 105 cm³/mol. The van der Waals surface area contributed by atoms with Crippen molar-refractivity contribution in [2.45, 2.75) is 39.5 Å². The van der Waals surface area contributed by atoms with Gasteiger partial charge in [-0.25, -0.2) is 9.97 Å². The summed E-state index contributed by atoms with van der Waals surface area (Å²) in [5.74, 6) is 1.28. The van der Waals surface area contributed by atoms with Gasteiger partial charge in [-0.15, -0.1) is 0 Å². The molecule has 0 atom stereocenters. The zero-order chi connectivity index (χ0) is 18.4. The van der Waals surface area contributed by atoms with Crippen LogP contribution in [0.5, 0.6) is 0 Å². The van der Waals surface area contributed by atoms with Crippen LogP contribution in [-0.4, -0.2) is 35.5 Å². The molecule has 2 aromatic rings. The lowest BCUT2D eigenvalue weighted by atomic mass is 9.96. The SMILES string of the molecule is CCCCNC(=O)C1CCN(c2cc(-c3cccc(C)c3)ncn2)CC1. The quantitative estimate of drug-likeness (QED) is 0.807. The first-order valence-electron chi connectivity index (χ1n) is 9.59. The fraction of sp³-hybridized carbons (Fsp3) is 0.476. The van der Waals surface area contributed by atoms with Gasteiger partial charge in [0, 0.05) is 37.2 Å². The molecule has 0 aliphatic carbocycles. The molecular weight excluding hydrogens is 324 g/mol. The standard InChI is InChI=1S/C21H28N4O/c1-3-4-10-22-21(26)17-8-11-25(12-9-17)20-14-19(23-15-24-20)18-7-5-6-16(2)13-18/h5-7,13-15,17H,3-4,8-12H2,1-2H3,(H,22,26). The van der Waals surface area contributed by atoms with E-state index in [1.165, 1.54) is 5.56 Å². The van der Waals surface area contributed by atoms with Crippen LogP contribution in [-0.2, 0) is 4.79 Å². The fourth-order valence-corrected chi connectivity index (χ4v) is 3.39. The van der Waals surface area contributed by atoms with E-state index in [1.54, 1.807) is 6.33 Å². The van der Waals surface area contributed by atoms with Crippen molar-refractivity contribution in [3.63, 3.8) is 0 Å². The summed E-state index contributed by atoms with van der Waals surface area (Å²) in [6.45, 7) is 6.73. The molecule has 1 aliphatic rings. The Morgan fingerprint density at radius 1 is 1.23 bits per heavy atom. The first-order valence-corrected chi connectivity index (χ1v) is 9.59. The van der Waals surface area contributed by atoms with Crippen molar-refractivity contribution < 1.29 is 4.79 Å². The number of rotatable bonds is 6. The maximum Gasteiger partial charge on any atom is 0.223 e. The number of aromatic nitrogens is 2. The number of carbonyl (C=O) groups excluding carboxylic acids is 1. The average Bonchev–Trinajstić information content (AvgIpc) is 2.68. The molecule has 1 aliphatic heterocycles. The largest absolute Gasteiger partial charge is 0.356 e. The molecule has 0 radical (unpaired) electrons. The molecular formula is C21H28N4O. The highest BCUT2D eigenvalue weighted by Crippen LogP contribution is 2.25. The number of aryl methyl sites for hydroxylation is 1. The first-order chi connectivity index (χ1) is 12.7. The lowest BCUT2D eigenvalue weighted by Gasteiger charge is -2.32. The second-order valence-electron chi connectivity index (χ2n) is 7.04. The second-order valence-corrected chi connectivity index (χ2v) is 7.04. The number of unbranched alkanes of at least 4 members (excludes halogenated alkanes) is 1. The molecule has 1 saturated heterocycles. The van der Waals surface area contributed by atoms with Crippen molar-refractivity contribution in [2.75, 3.05) is 24.5 Å². The smallest absolute Gasteiger partial charge is 0.223 e. The Kier molecular flexibility index (Phi) is 6.21. The number of carbonyl (C=O) groups is 1. The molecule has 138 valence electrons. The van der Waals surface area contributed by atoms with E-state index < -0.39 is 0 Å². The van der Waals surface area contributed by atoms with Crippen LogP contribution < -0.4 is 10.2 Å². The van der Waals surface area contributed by atoms with E-state index in [-0.39, 0.29) is 11.8 Å². The first kappa shape index (κ1) is 18.4. The number of anilines is 1. The van der Waals surface area contributed by atoms with Crippen molar-refractivity contribution >= 4 is 11.7 Å². The van der Waals surface area contributed by atoms with Crippen LogP contribution >= 0.6 is 0 Å². The molecule has 1 N–H and O–H groups in total. The van der Waals surface area contributed by atoms with E-state index in [0.29, 0.717) is 0 Å². The van der Waals surface area contributed by atoms with Crippen LogP contribution in [0.15, 0.2) is 36.7 Å². The summed E-state index contributed by atoms with van der Waals surface area (Å²) in [5, 5.41) is 3.06. The molecule has 1 amide bonds. The van der Waals surface area contributed by atoms with Crippen LogP contribution in [0.1, 0.15) is 38.2 Å². The van der Waals surface area contributed by atoms with E-state index in [2.05, 4.69) is 64.4 Å². The second kappa shape index (κ2) is 8.79. The summed E-state index contributed by atoms with van der Waals surface area (Å²) < 4.78 is 0. The average molecular weight is 352 g/mol. The zero-order valence-corrected chi connectivity index (χ0v) is 15.7. The number of benzene rings is 1. The summed E-state index contributed by atoms with van der Waals surface area (Å²) in [6, 6.07) is 10.4. The van der Waals surface area contributed by atoms with Gasteiger partial charge in [-0.3, -0.25) is 4.79 Å². The van der Waals surface area contributed by atoms with Crippen molar-refractivity contribution in [3.8, 4) is 11.3 Å². The minimum atomic E-state index is 0.126. The molecule has 1 aromatic heterocycles. The number of hydrogen-bond donors (Lipinski definition) is 1. The van der Waals surface area contributed by atoms with Gasteiger partial charge < -0.3 is 10.2 Å². The Hall–Kier alpha value is -2.43. The number of hydrogen-bond acceptors (Lipinski definition) is 4. The minimum absolute atomic E-state index is 0.126. The summed E-state index contributed by atoms with van der Waals surface area (Å²) in [7, 11) is 0. The summed E-state index contributed by atoms with van der Waals surface area (Å²) >= 11 is 0. The zero-order valence-electron chi connectivity index (χ0n) is 15.7. The molecule has 5 heteroatoms. The third-order valence-corrected chi connectivity index (χ3v) is 4.99. The van der Waals surface area contributed by atoms with Crippen LogP contribution in [0.25, 0.3) is 11.3 Å². The molecule has 2 heterocycles. The maximum atomic E-state index is 12.2. The van der Waals surface area contributed by atoms with Gasteiger partial charge in [0.1, 0.15) is 12.1 Å². The Morgan fingerprint density at radius 3 is 2.77 bits per heavy atom. The number of nitrogens with one attached hydrogen (secondary N) is 1. The summed E-state index contributed by atoms with van der Waals surface area (Å²) in [6.07, 6.45) is 5.54. The van der Waals surface area contributed by atoms with Gasteiger partial charge in [-0.2, -0.15) is 0 Å². The Balaban J connectivity index is 1.61. The van der Waals surface area contributed by atoms with Crippen LogP contribution in [0.4, 0.5) is 5.82 Å². The van der Waals surface area contributed by atoms with Crippen molar-refractivity contribution in [2.24, 2.45) is 5.92 Å². The van der Waals surface area contributed by atoms with Gasteiger partial charge in [0.15, 0.2) is 0 Å². The highest BCUT2D eigenvalue weighted by Gasteiger charge is 2.25. The highest BCUT2D eigenvalue weighted by atomic mass is 16.1. The molecule has 5 nitrogen and oxygen atoms in total. The van der Waals surface area contributed by atoms with Crippen LogP contribution in [0, 0.1) is 12.8 Å². The molecule has 1 fully saturated rings. The maximum absolute atomic E-state index is 12.2. The molecule has 26 heavy (non-hydrogen) atoms. The van der Waals surface area contributed by atoms with Gasteiger partial charge in [-0.05, 0) is 32.3 Å². The van der Waals surface area contributed by atoms with Crippen molar-refractivity contribution in [1.82, 2.24) is 15.3 Å². The minimum Gasteiger partial charge on any atom is -0.356 e. The molecule has 0 unspecified atom stereocenters. The Bertz CT molecular complexity index is 738. The predicted octanol–water partition coefficient (Wildman–Crippen LogP) is 3.58. The third-order valence-electron chi connectivity index (χ3n) is 4.99. The van der Waals surface area contributed by atoms with Gasteiger partial charge >= 0.3 is 0 Å². The van der Waals surface area contributed by atoms with Gasteiger partial charge in [0.25, 0.3) is 0 Å². The van der Waals surface area contributed by atoms with Crippen molar-refractivity contribution in [1.29, 1.82) is 0 Å². The molecule has 3 rings (SSSR count). The van der Waals surface area contributed by atoms with E-state index in [0.717, 1.165) is 62.4 Å². The molecule has 0 bridgehead atoms. The topological polar surface area (TPSA) is 58.1 Å². The lowest BCUT2D eigenvalue weighted by Crippen LogP contribution is -2.41. The molecule has 0 spiro atoms. The third kappa shape index (κ3) is 4.59. The van der Waals surface area contributed by atoms with Crippen LogP contribution in [0.3, 0.4) is 0 Å². The summed E-state index contributed by atoms with van der Waals surface area (Å²) in [5.41, 5.74) is 3.27. The van der Waals surface area contributed by atoms with E-state index in [9.17, 15) is 4.79 Å². The summed E-state index contributed by atoms with van der Waals surface area (Å²) in [4.78, 5) is 23.4. The highest BCUT2D eigenvalue weighted by molar-refractivity contribution is 5.79. The number of piperidine rings is 1. The van der Waals surface area contributed by atoms with Gasteiger partial charge in [-0.1, -0.05) is 37.1 Å². The van der Waals surface area contributed by atoms with Gasteiger partial charge in [0.2, 0.25) is 5.91 Å². The Labute approximate surface area is 155 Å². The number of nitrogens with zero attached hydrogens (tertiary/aromatic N) is 3. The van der Waals surface area contributed by atoms with Crippen molar-refractivity contribution in [3.05, 3.63) is 42.2 Å². The monoisotopic (exact) mass is 352 g/mol. The van der Waals surface area contributed by atoms with Crippen LogP contribution in [0.2, 0.25) is 0 Å². The number of amides is 1. The van der Waals surface area contributed by atoms with E-state index in [1.807, 2.05) is 0 Å². The lowest BCUT2D eigenvalue weighted by molar-refractivity contribution is -0.125. The normalized spacial score (nSPS) is 15.1. The van der Waals surface area contributed by atoms with Gasteiger partial charge in [0.05, 0.1) is 5.69 Å². The Morgan fingerprint density at radius 2 is 2.04 bits per heavy atom. The molecule has 0 saturated carbocycles. The van der Waals surface area contributed by atoms with E-state index >= 15 is 0 Å². The van der Waals surface area contributed by atoms with E-state index in [4.69, 9.17) is 0 Å². The molecule has 1 aromatic carbocycles. The fourth-order valence-electron chi connectivity index (χ4n) is 3.39.